The zero-order chi connectivity index (χ0) is 33.2. The summed E-state index contributed by atoms with van der Waals surface area (Å²) in [6.07, 6.45) is 1.74. The molecule has 0 unspecified atom stereocenters. The van der Waals surface area contributed by atoms with E-state index in [1.165, 1.54) is 0 Å². The molecular formula is C41H34IrN3. The van der Waals surface area contributed by atoms with Crippen molar-refractivity contribution in [3.05, 3.63) is 174 Å². The molecule has 0 bridgehead atoms. The van der Waals surface area contributed by atoms with Crippen LogP contribution < -0.4 is 0 Å². The van der Waals surface area contributed by atoms with Gasteiger partial charge in [0, 0.05) is 21.7 Å². The van der Waals surface area contributed by atoms with Gasteiger partial charge >= 0.3 is 20.1 Å². The number of nitrogens with zero attached hydrogens (tertiary/aromatic N) is 3. The number of hydrogen-bond donors (Lipinski definition) is 0. The Morgan fingerprint density at radius 3 is 1.76 bits per heavy atom. The molecule has 0 aliphatic heterocycles. The second kappa shape index (κ2) is 16.4. The molecule has 4 heteroatoms. The van der Waals surface area contributed by atoms with Crippen LogP contribution in [-0.4, -0.2) is 15.0 Å². The maximum absolute atomic E-state index is 7.57. The van der Waals surface area contributed by atoms with E-state index in [0.29, 0.717) is 0 Å². The van der Waals surface area contributed by atoms with Gasteiger partial charge in [0.15, 0.2) is 0 Å². The summed E-state index contributed by atoms with van der Waals surface area (Å²) in [5, 5.41) is 2.08. The molecule has 0 saturated heterocycles. The molecule has 0 aliphatic carbocycles. The van der Waals surface area contributed by atoms with Crippen molar-refractivity contribution in [2.75, 3.05) is 0 Å². The third-order valence-electron chi connectivity index (χ3n) is 6.69. The minimum atomic E-state index is -2.16. The molecule has 222 valence electrons. The molecule has 0 radical (unpaired) electrons. The number of fused-ring (bicyclic) bond motifs is 1. The Bertz CT molecular complexity index is 1980. The van der Waals surface area contributed by atoms with E-state index in [9.17, 15) is 0 Å². The van der Waals surface area contributed by atoms with Crippen LogP contribution in [0.2, 0.25) is 0 Å². The summed E-state index contributed by atoms with van der Waals surface area (Å²) in [5.41, 5.74) is 8.75. The number of aromatic nitrogens is 3. The Morgan fingerprint density at radius 1 is 0.600 bits per heavy atom. The van der Waals surface area contributed by atoms with Crippen LogP contribution in [-0.2, 0) is 20.1 Å². The van der Waals surface area contributed by atoms with Crippen LogP contribution in [0, 0.1) is 45.8 Å². The van der Waals surface area contributed by atoms with Gasteiger partial charge < -0.3 is 15.0 Å². The van der Waals surface area contributed by atoms with Gasteiger partial charge in [-0.05, 0) is 59.9 Å². The van der Waals surface area contributed by atoms with E-state index in [0.717, 1.165) is 61.5 Å². The summed E-state index contributed by atoms with van der Waals surface area (Å²) < 4.78 is 22.7. The molecule has 0 N–H and O–H groups in total. The first-order valence-corrected chi connectivity index (χ1v) is 14.4. The smallest absolute Gasteiger partial charge is 0.304 e. The van der Waals surface area contributed by atoms with Crippen molar-refractivity contribution in [3.8, 4) is 33.8 Å². The number of aryl methyl sites for hydroxylation is 4. The van der Waals surface area contributed by atoms with E-state index in [2.05, 4.69) is 33.2 Å². The number of rotatable bonds is 3. The third kappa shape index (κ3) is 9.36. The summed E-state index contributed by atoms with van der Waals surface area (Å²) >= 11 is 0. The first kappa shape index (κ1) is 29.0. The standard InChI is InChI=1S/C17H14N.2C12H10N.Ir/c1-12-9-13(2)11-15(10-12)17-16-6-4-3-5-14(16)7-8-18-17;2*1-10-6-5-9-12(13-10)11-7-3-2-4-8-11;/h3-10H,1-2H3;2*2-7,9H,1H3;/q3*-1;+3/i2D3;;;. The summed E-state index contributed by atoms with van der Waals surface area (Å²) in [6, 6.07) is 50.5. The van der Waals surface area contributed by atoms with Crippen LogP contribution in [0.1, 0.15) is 26.6 Å². The van der Waals surface area contributed by atoms with E-state index in [-0.39, 0.29) is 25.7 Å². The van der Waals surface area contributed by atoms with Crippen LogP contribution >= 0.6 is 0 Å². The SMILES string of the molecule is Cc1cccc(-c2[c-]cccc2)n1.Cc1cccc(-c2[c-]cccc2)n1.[2H]C([2H])([2H])c1[c-]c(-c2nccc3ccccc23)cc(C)c1.[Ir+3]. The minimum Gasteiger partial charge on any atom is -0.304 e. The number of pyridine rings is 3. The zero-order valence-corrected chi connectivity index (χ0v) is 27.8. The molecule has 45 heavy (non-hydrogen) atoms. The Labute approximate surface area is 284 Å². The van der Waals surface area contributed by atoms with Crippen molar-refractivity contribution in [2.24, 2.45) is 0 Å². The molecule has 4 aromatic carbocycles. The quantitative estimate of drug-likeness (QED) is 0.168. The van der Waals surface area contributed by atoms with E-state index in [1.807, 2.05) is 142 Å². The fraction of sp³-hybridized carbons (Fsp3) is 0.0976. The topological polar surface area (TPSA) is 38.7 Å². The monoisotopic (exact) mass is 764 g/mol. The Kier molecular flexibility index (Phi) is 10.5. The maximum Gasteiger partial charge on any atom is 3.00 e. The molecule has 0 amide bonds. The first-order valence-electron chi connectivity index (χ1n) is 15.9. The van der Waals surface area contributed by atoms with Crippen molar-refractivity contribution in [3.63, 3.8) is 0 Å². The molecule has 0 atom stereocenters. The Hall–Kier alpha value is -4.76. The largest absolute Gasteiger partial charge is 3.00 e. The first-order chi connectivity index (χ1) is 22.7. The van der Waals surface area contributed by atoms with Crippen LogP contribution in [0.5, 0.6) is 0 Å². The molecule has 0 saturated carbocycles. The molecule has 0 spiro atoms. The van der Waals surface area contributed by atoms with Gasteiger partial charge in [0.2, 0.25) is 0 Å². The summed E-state index contributed by atoms with van der Waals surface area (Å²) in [5.74, 6) is 0. The fourth-order valence-corrected chi connectivity index (χ4v) is 4.67. The van der Waals surface area contributed by atoms with Crippen molar-refractivity contribution in [2.45, 2.75) is 27.6 Å². The molecule has 3 nitrogen and oxygen atoms in total. The number of hydrogen-bond acceptors (Lipinski definition) is 3. The average Bonchev–Trinajstić information content (AvgIpc) is 3.09. The van der Waals surface area contributed by atoms with Crippen LogP contribution in [0.25, 0.3) is 44.5 Å². The van der Waals surface area contributed by atoms with Gasteiger partial charge in [0.1, 0.15) is 0 Å². The fourth-order valence-electron chi connectivity index (χ4n) is 4.67. The van der Waals surface area contributed by atoms with E-state index in [1.54, 1.807) is 12.3 Å². The van der Waals surface area contributed by atoms with Gasteiger partial charge in [-0.2, -0.15) is 0 Å². The predicted molar refractivity (Wildman–Crippen MR) is 182 cm³/mol. The average molecular weight is 764 g/mol. The van der Waals surface area contributed by atoms with Crippen LogP contribution in [0.15, 0.2) is 134 Å². The zero-order valence-electron chi connectivity index (χ0n) is 28.4. The third-order valence-corrected chi connectivity index (χ3v) is 6.69. The predicted octanol–water partition coefficient (Wildman–Crippen LogP) is 10.0. The molecule has 3 heterocycles. The van der Waals surface area contributed by atoms with Gasteiger partial charge in [-0.1, -0.05) is 62.3 Å². The van der Waals surface area contributed by atoms with Gasteiger partial charge in [-0.3, -0.25) is 0 Å². The van der Waals surface area contributed by atoms with E-state index < -0.39 is 6.85 Å². The summed E-state index contributed by atoms with van der Waals surface area (Å²) in [7, 11) is 0. The van der Waals surface area contributed by atoms with Crippen molar-refractivity contribution in [1.29, 1.82) is 0 Å². The molecular weight excluding hydrogens is 727 g/mol. The van der Waals surface area contributed by atoms with Gasteiger partial charge in [0.25, 0.3) is 0 Å². The maximum atomic E-state index is 7.57. The van der Waals surface area contributed by atoms with Crippen molar-refractivity contribution >= 4 is 10.8 Å². The van der Waals surface area contributed by atoms with E-state index in [4.69, 9.17) is 4.11 Å². The van der Waals surface area contributed by atoms with Crippen molar-refractivity contribution < 1.29 is 24.2 Å². The minimum absolute atomic E-state index is 0. The summed E-state index contributed by atoms with van der Waals surface area (Å²) in [4.78, 5) is 13.3. The molecule has 3 aromatic heterocycles. The van der Waals surface area contributed by atoms with Gasteiger partial charge in [-0.25, -0.2) is 0 Å². The second-order valence-corrected chi connectivity index (χ2v) is 10.2. The molecule has 7 rings (SSSR count). The van der Waals surface area contributed by atoms with E-state index >= 15 is 0 Å². The van der Waals surface area contributed by atoms with Crippen LogP contribution in [0.3, 0.4) is 0 Å². The molecule has 0 fully saturated rings. The van der Waals surface area contributed by atoms with Crippen molar-refractivity contribution in [1.82, 2.24) is 15.0 Å². The Morgan fingerprint density at radius 2 is 1.20 bits per heavy atom. The summed E-state index contributed by atoms with van der Waals surface area (Å²) in [6.45, 7) is 3.71. The molecule has 0 aliphatic rings. The Balaban J connectivity index is 0.000000168. The number of benzene rings is 4. The second-order valence-electron chi connectivity index (χ2n) is 10.2. The van der Waals surface area contributed by atoms with Crippen LogP contribution in [0.4, 0.5) is 0 Å². The van der Waals surface area contributed by atoms with Gasteiger partial charge in [0.05, 0.1) is 0 Å². The van der Waals surface area contributed by atoms with Gasteiger partial charge in [-0.15, -0.1) is 107 Å². The molecule has 7 aromatic rings. The normalized spacial score (nSPS) is 11.3.